The second-order valence-electron chi connectivity index (χ2n) is 3.60. The molecule has 0 fully saturated rings. The number of thiazole rings is 1. The molecule has 92 valence electrons. The number of aryl methyl sites for hydroxylation is 1. The number of nitrogens with zero attached hydrogens (tertiary/aromatic N) is 4. The molecule has 0 aliphatic carbocycles. The Hall–Kier alpha value is -1.28. The van der Waals surface area contributed by atoms with Crippen LogP contribution in [-0.4, -0.2) is 34.1 Å². The van der Waals surface area contributed by atoms with Crippen molar-refractivity contribution < 1.29 is 8.42 Å². The molecular formula is C9H12N4O2S2. The van der Waals surface area contributed by atoms with Crippen LogP contribution in [-0.2, 0) is 15.6 Å². The molecule has 0 aliphatic heterocycles. The van der Waals surface area contributed by atoms with Gasteiger partial charge < -0.3 is 0 Å². The van der Waals surface area contributed by atoms with Crippen LogP contribution in [0.2, 0.25) is 0 Å². The van der Waals surface area contributed by atoms with E-state index in [-0.39, 0.29) is 11.5 Å². The lowest BCUT2D eigenvalue weighted by molar-refractivity contribution is 0.595. The Morgan fingerprint density at radius 3 is 2.82 bits per heavy atom. The highest BCUT2D eigenvalue weighted by molar-refractivity contribution is 7.90. The van der Waals surface area contributed by atoms with Gasteiger partial charge in [-0.05, 0) is 6.92 Å². The summed E-state index contributed by atoms with van der Waals surface area (Å²) in [6, 6.07) is 0. The average Bonchev–Trinajstić information content (AvgIpc) is 2.86. The highest BCUT2D eigenvalue weighted by atomic mass is 32.2. The Balaban J connectivity index is 2.22. The molecule has 2 aromatic heterocycles. The number of sulfone groups is 1. The Kier molecular flexibility index (Phi) is 3.25. The van der Waals surface area contributed by atoms with Crippen molar-refractivity contribution in [3.05, 3.63) is 23.0 Å². The van der Waals surface area contributed by atoms with E-state index in [1.54, 1.807) is 13.1 Å². The Morgan fingerprint density at radius 1 is 1.47 bits per heavy atom. The molecule has 0 bridgehead atoms. The minimum atomic E-state index is -3.07. The monoisotopic (exact) mass is 272 g/mol. The van der Waals surface area contributed by atoms with Crippen molar-refractivity contribution in [3.8, 4) is 5.13 Å². The van der Waals surface area contributed by atoms with Gasteiger partial charge in [-0.25, -0.2) is 13.4 Å². The highest BCUT2D eigenvalue weighted by Crippen LogP contribution is 2.13. The topological polar surface area (TPSA) is 77.7 Å². The summed E-state index contributed by atoms with van der Waals surface area (Å²) >= 11 is 1.44. The lowest BCUT2D eigenvalue weighted by Crippen LogP contribution is -2.06. The standard InChI is InChI=1S/C9H12N4O2S2/c1-3-17(14,15)6-8-4-13(12-11-8)9-10-7(2)5-16-9/h4-5H,3,6H2,1-2H3. The van der Waals surface area contributed by atoms with E-state index in [1.807, 2.05) is 12.3 Å². The summed E-state index contributed by atoms with van der Waals surface area (Å²) in [6.07, 6.45) is 1.60. The highest BCUT2D eigenvalue weighted by Gasteiger charge is 2.13. The molecular weight excluding hydrogens is 260 g/mol. The third-order valence-electron chi connectivity index (χ3n) is 2.15. The lowest BCUT2D eigenvalue weighted by atomic mass is 10.5. The first-order chi connectivity index (χ1) is 8.00. The molecule has 0 radical (unpaired) electrons. The molecule has 2 rings (SSSR count). The SMILES string of the molecule is CCS(=O)(=O)Cc1cn(-c2nc(C)cs2)nn1. The largest absolute Gasteiger partial charge is 0.228 e. The molecule has 8 heteroatoms. The maximum absolute atomic E-state index is 11.4. The first kappa shape index (κ1) is 12.2. The van der Waals surface area contributed by atoms with E-state index < -0.39 is 9.84 Å². The molecule has 0 aliphatic rings. The van der Waals surface area contributed by atoms with Gasteiger partial charge in [0, 0.05) is 11.1 Å². The molecule has 0 unspecified atom stereocenters. The van der Waals surface area contributed by atoms with Gasteiger partial charge >= 0.3 is 0 Å². The molecule has 2 heterocycles. The van der Waals surface area contributed by atoms with E-state index in [9.17, 15) is 8.42 Å². The van der Waals surface area contributed by atoms with Crippen molar-refractivity contribution >= 4 is 21.2 Å². The van der Waals surface area contributed by atoms with Gasteiger partial charge in [0.25, 0.3) is 0 Å². The zero-order valence-electron chi connectivity index (χ0n) is 9.49. The molecule has 0 spiro atoms. The van der Waals surface area contributed by atoms with Crippen LogP contribution in [0.25, 0.3) is 5.13 Å². The summed E-state index contributed by atoms with van der Waals surface area (Å²) in [5.74, 6) is 0.0318. The Morgan fingerprint density at radius 2 is 2.24 bits per heavy atom. The van der Waals surface area contributed by atoms with Crippen LogP contribution in [0.3, 0.4) is 0 Å². The van der Waals surface area contributed by atoms with E-state index in [1.165, 1.54) is 16.0 Å². The van der Waals surface area contributed by atoms with Crippen LogP contribution in [0.1, 0.15) is 18.3 Å². The van der Waals surface area contributed by atoms with E-state index in [2.05, 4.69) is 15.3 Å². The smallest absolute Gasteiger partial charge is 0.211 e. The minimum Gasteiger partial charge on any atom is -0.228 e. The van der Waals surface area contributed by atoms with E-state index >= 15 is 0 Å². The summed E-state index contributed by atoms with van der Waals surface area (Å²) in [4.78, 5) is 4.24. The van der Waals surface area contributed by atoms with E-state index in [4.69, 9.17) is 0 Å². The molecule has 6 nitrogen and oxygen atoms in total. The van der Waals surface area contributed by atoms with Gasteiger partial charge in [0.15, 0.2) is 9.84 Å². The first-order valence-electron chi connectivity index (χ1n) is 5.04. The van der Waals surface area contributed by atoms with Crippen molar-refractivity contribution in [3.63, 3.8) is 0 Å². The predicted octanol–water partition coefficient (Wildman–Crippen LogP) is 0.967. The summed E-state index contributed by atoms with van der Waals surface area (Å²) in [7, 11) is -3.07. The molecule has 0 N–H and O–H groups in total. The van der Waals surface area contributed by atoms with Crippen molar-refractivity contribution in [1.82, 2.24) is 20.0 Å². The average molecular weight is 272 g/mol. The normalized spacial score (nSPS) is 11.9. The van der Waals surface area contributed by atoms with Crippen LogP contribution in [0.5, 0.6) is 0 Å². The third kappa shape index (κ3) is 2.89. The second kappa shape index (κ2) is 4.53. The number of hydrogen-bond donors (Lipinski definition) is 0. The van der Waals surface area contributed by atoms with E-state index in [0.717, 1.165) is 5.69 Å². The quantitative estimate of drug-likeness (QED) is 0.828. The fourth-order valence-electron chi connectivity index (χ4n) is 1.23. The zero-order valence-corrected chi connectivity index (χ0v) is 11.1. The summed E-state index contributed by atoms with van der Waals surface area (Å²) < 4.78 is 24.4. The summed E-state index contributed by atoms with van der Waals surface area (Å²) in [5, 5.41) is 10.3. The van der Waals surface area contributed by atoms with E-state index in [0.29, 0.717) is 10.8 Å². The van der Waals surface area contributed by atoms with Crippen molar-refractivity contribution in [2.45, 2.75) is 19.6 Å². The molecule has 0 atom stereocenters. The zero-order chi connectivity index (χ0) is 12.5. The van der Waals surface area contributed by atoms with Gasteiger partial charge in [-0.15, -0.1) is 16.4 Å². The van der Waals surface area contributed by atoms with Gasteiger partial charge in [0.1, 0.15) is 0 Å². The number of aromatic nitrogens is 4. The maximum atomic E-state index is 11.4. The summed E-state index contributed by atoms with van der Waals surface area (Å²) in [5.41, 5.74) is 1.35. The number of rotatable bonds is 4. The van der Waals surface area contributed by atoms with Crippen molar-refractivity contribution in [1.29, 1.82) is 0 Å². The maximum Gasteiger partial charge on any atom is 0.211 e. The van der Waals surface area contributed by atoms with Crippen LogP contribution < -0.4 is 0 Å². The fraction of sp³-hybridized carbons (Fsp3) is 0.444. The first-order valence-corrected chi connectivity index (χ1v) is 7.74. The third-order valence-corrected chi connectivity index (χ3v) is 4.71. The molecule has 2 aromatic rings. The van der Waals surface area contributed by atoms with Gasteiger partial charge in [-0.2, -0.15) is 4.68 Å². The Bertz CT molecular complexity index is 614. The lowest BCUT2D eigenvalue weighted by Gasteiger charge is -1.95. The predicted molar refractivity (Wildman–Crippen MR) is 64.9 cm³/mol. The van der Waals surface area contributed by atoms with Crippen LogP contribution in [0.15, 0.2) is 11.6 Å². The van der Waals surface area contributed by atoms with Crippen molar-refractivity contribution in [2.24, 2.45) is 0 Å². The minimum absolute atomic E-state index is 0.0755. The molecule has 0 saturated carbocycles. The van der Waals surface area contributed by atoms with Gasteiger partial charge in [0.2, 0.25) is 5.13 Å². The Labute approximate surface area is 103 Å². The molecule has 17 heavy (non-hydrogen) atoms. The van der Waals surface area contributed by atoms with Crippen LogP contribution in [0, 0.1) is 6.92 Å². The van der Waals surface area contributed by atoms with Crippen molar-refractivity contribution in [2.75, 3.05) is 5.75 Å². The van der Waals surface area contributed by atoms with Gasteiger partial charge in [-0.3, -0.25) is 0 Å². The second-order valence-corrected chi connectivity index (χ2v) is 6.79. The van der Waals surface area contributed by atoms with Gasteiger partial charge in [-0.1, -0.05) is 12.1 Å². The number of hydrogen-bond acceptors (Lipinski definition) is 6. The van der Waals surface area contributed by atoms with Gasteiger partial charge in [0.05, 0.1) is 23.3 Å². The molecule has 0 saturated heterocycles. The van der Waals surface area contributed by atoms with Crippen LogP contribution >= 0.6 is 11.3 Å². The van der Waals surface area contributed by atoms with Crippen LogP contribution in [0.4, 0.5) is 0 Å². The molecule has 0 aromatic carbocycles. The fourth-order valence-corrected chi connectivity index (χ4v) is 2.74. The summed E-state index contributed by atoms with van der Waals surface area (Å²) in [6.45, 7) is 3.50. The molecule has 0 amide bonds.